The van der Waals surface area contributed by atoms with E-state index in [2.05, 4.69) is 5.32 Å². The van der Waals surface area contributed by atoms with E-state index in [1.165, 1.54) is 23.5 Å². The first-order valence-electron chi connectivity index (χ1n) is 10.8. The smallest absolute Gasteiger partial charge is 0.341 e. The van der Waals surface area contributed by atoms with Crippen LogP contribution < -0.4 is 10.1 Å². The number of benzene rings is 2. The molecule has 1 aromatic heterocycles. The summed E-state index contributed by atoms with van der Waals surface area (Å²) in [6, 6.07) is 13.6. The predicted octanol–water partition coefficient (Wildman–Crippen LogP) is 5.91. The number of hydrogen-bond donors (Lipinski definition) is 1. The van der Waals surface area contributed by atoms with Crippen molar-refractivity contribution in [2.24, 2.45) is 0 Å². The third kappa shape index (κ3) is 6.20. The van der Waals surface area contributed by atoms with E-state index >= 15 is 0 Å². The summed E-state index contributed by atoms with van der Waals surface area (Å²) in [6.07, 6.45) is 0.728. The van der Waals surface area contributed by atoms with Crippen molar-refractivity contribution < 1.29 is 24.0 Å². The number of non-ortho nitro benzene ring substituents is 1. The maximum absolute atomic E-state index is 12.8. The molecular weight excluding hydrogens is 456 g/mol. The van der Waals surface area contributed by atoms with Gasteiger partial charge in [0.2, 0.25) is 5.91 Å². The molecule has 0 aliphatic rings. The third-order valence-corrected chi connectivity index (χ3v) is 6.04. The van der Waals surface area contributed by atoms with Crippen molar-refractivity contribution in [2.45, 2.75) is 33.6 Å². The van der Waals surface area contributed by atoms with Crippen LogP contribution in [0, 0.1) is 24.0 Å². The number of nitrogens with one attached hydrogen (secondary N) is 1. The Morgan fingerprint density at radius 3 is 2.35 bits per heavy atom. The number of hydrogen-bond acceptors (Lipinski definition) is 7. The molecule has 0 unspecified atom stereocenters. The summed E-state index contributed by atoms with van der Waals surface area (Å²) in [6.45, 7) is 6.10. The van der Waals surface area contributed by atoms with Gasteiger partial charge in [-0.2, -0.15) is 0 Å². The summed E-state index contributed by atoms with van der Waals surface area (Å²) in [5.74, 6) is -0.0509. The predicted molar refractivity (Wildman–Crippen MR) is 132 cm³/mol. The summed E-state index contributed by atoms with van der Waals surface area (Å²) in [7, 11) is 0. The van der Waals surface area contributed by atoms with Crippen molar-refractivity contribution in [3.63, 3.8) is 0 Å². The van der Waals surface area contributed by atoms with Crippen LogP contribution in [-0.4, -0.2) is 30.0 Å². The van der Waals surface area contributed by atoms with Crippen molar-refractivity contribution in [1.29, 1.82) is 0 Å². The maximum Gasteiger partial charge on any atom is 0.341 e. The highest BCUT2D eigenvalue weighted by Gasteiger charge is 2.25. The second-order valence-electron chi connectivity index (χ2n) is 7.58. The Hall–Kier alpha value is -3.72. The van der Waals surface area contributed by atoms with Crippen LogP contribution in [0.25, 0.3) is 11.1 Å². The topological polar surface area (TPSA) is 108 Å². The number of nitro benzene ring substituents is 1. The Morgan fingerprint density at radius 2 is 1.74 bits per heavy atom. The van der Waals surface area contributed by atoms with E-state index < -0.39 is 10.9 Å². The fraction of sp³-hybridized carbons (Fsp3) is 0.280. The van der Waals surface area contributed by atoms with Gasteiger partial charge in [-0.15, -0.1) is 11.3 Å². The number of rotatable bonds is 10. The van der Waals surface area contributed by atoms with E-state index in [1.807, 2.05) is 38.1 Å². The molecule has 34 heavy (non-hydrogen) atoms. The highest BCUT2D eigenvalue weighted by molar-refractivity contribution is 7.17. The zero-order valence-corrected chi connectivity index (χ0v) is 20.1. The number of anilines is 1. The average Bonchev–Trinajstić information content (AvgIpc) is 3.13. The van der Waals surface area contributed by atoms with E-state index in [1.54, 1.807) is 19.1 Å². The van der Waals surface area contributed by atoms with Gasteiger partial charge in [0.1, 0.15) is 16.3 Å². The monoisotopic (exact) mass is 482 g/mol. The van der Waals surface area contributed by atoms with Crippen LogP contribution in [-0.2, 0) is 9.53 Å². The van der Waals surface area contributed by atoms with E-state index in [4.69, 9.17) is 9.47 Å². The molecule has 0 fully saturated rings. The van der Waals surface area contributed by atoms with Gasteiger partial charge in [-0.3, -0.25) is 14.9 Å². The molecule has 3 rings (SSSR count). The minimum absolute atomic E-state index is 0.0456. The molecule has 1 N–H and O–H groups in total. The first-order chi connectivity index (χ1) is 16.3. The SMILES string of the molecule is CCOC(=O)c1c(NC(=O)CCCOc2ccc(C)cc2)sc(C)c1-c1ccc([N+](=O)[O-])cc1. The summed E-state index contributed by atoms with van der Waals surface area (Å²) >= 11 is 1.27. The fourth-order valence-electron chi connectivity index (χ4n) is 3.37. The minimum Gasteiger partial charge on any atom is -0.494 e. The highest BCUT2D eigenvalue weighted by Crippen LogP contribution is 2.41. The van der Waals surface area contributed by atoms with Crippen LogP contribution in [0.1, 0.15) is 40.6 Å². The number of ether oxygens (including phenoxy) is 2. The summed E-state index contributed by atoms with van der Waals surface area (Å²) < 4.78 is 10.9. The summed E-state index contributed by atoms with van der Waals surface area (Å²) in [4.78, 5) is 36.7. The zero-order chi connectivity index (χ0) is 24.7. The van der Waals surface area contributed by atoms with Crippen LogP contribution in [0.4, 0.5) is 10.7 Å². The van der Waals surface area contributed by atoms with Gasteiger partial charge in [0.15, 0.2) is 0 Å². The highest BCUT2D eigenvalue weighted by atomic mass is 32.1. The van der Waals surface area contributed by atoms with Gasteiger partial charge >= 0.3 is 5.97 Å². The molecule has 3 aromatic rings. The van der Waals surface area contributed by atoms with Gasteiger partial charge in [0.05, 0.1) is 18.1 Å². The summed E-state index contributed by atoms with van der Waals surface area (Å²) in [5.41, 5.74) is 2.58. The minimum atomic E-state index is -0.557. The number of nitro groups is 1. The Balaban J connectivity index is 1.73. The molecule has 2 aromatic carbocycles. The van der Waals surface area contributed by atoms with Gasteiger partial charge in [0, 0.05) is 29.0 Å². The zero-order valence-electron chi connectivity index (χ0n) is 19.3. The fourth-order valence-corrected chi connectivity index (χ4v) is 4.46. The Kier molecular flexibility index (Phi) is 8.37. The first kappa shape index (κ1) is 24.9. The molecule has 9 heteroatoms. The molecule has 0 saturated carbocycles. The van der Waals surface area contributed by atoms with E-state index in [-0.39, 0.29) is 30.2 Å². The van der Waals surface area contributed by atoms with Gasteiger partial charge < -0.3 is 14.8 Å². The van der Waals surface area contributed by atoms with Crippen LogP contribution in [0.3, 0.4) is 0 Å². The second kappa shape index (κ2) is 11.4. The van der Waals surface area contributed by atoms with Crippen LogP contribution in [0.15, 0.2) is 48.5 Å². The molecule has 8 nitrogen and oxygen atoms in total. The van der Waals surface area contributed by atoms with Crippen molar-refractivity contribution >= 4 is 33.9 Å². The van der Waals surface area contributed by atoms with E-state index in [0.29, 0.717) is 29.2 Å². The maximum atomic E-state index is 12.8. The van der Waals surface area contributed by atoms with Crippen LogP contribution >= 0.6 is 11.3 Å². The van der Waals surface area contributed by atoms with Crippen LogP contribution in [0.2, 0.25) is 0 Å². The lowest BCUT2D eigenvalue weighted by atomic mass is 10.0. The molecule has 0 spiro atoms. The van der Waals surface area contributed by atoms with Crippen molar-refractivity contribution in [1.82, 2.24) is 0 Å². The lowest BCUT2D eigenvalue weighted by Gasteiger charge is -2.10. The molecule has 0 saturated heterocycles. The number of carbonyl (C=O) groups excluding carboxylic acids is 2. The van der Waals surface area contributed by atoms with E-state index in [9.17, 15) is 19.7 Å². The number of esters is 1. The lowest BCUT2D eigenvalue weighted by molar-refractivity contribution is -0.384. The van der Waals surface area contributed by atoms with Crippen molar-refractivity contribution in [3.8, 4) is 16.9 Å². The number of amides is 1. The quantitative estimate of drug-likeness (QED) is 0.166. The largest absolute Gasteiger partial charge is 0.494 e. The van der Waals surface area contributed by atoms with Gasteiger partial charge in [-0.25, -0.2) is 4.79 Å². The first-order valence-corrected chi connectivity index (χ1v) is 11.7. The number of nitrogens with zero attached hydrogens (tertiary/aromatic N) is 1. The molecule has 0 atom stereocenters. The van der Waals surface area contributed by atoms with Gasteiger partial charge in [0.25, 0.3) is 5.69 Å². The molecular formula is C25H26N2O6S. The molecule has 178 valence electrons. The Bertz CT molecular complexity index is 1170. The number of carbonyl (C=O) groups is 2. The molecule has 0 bridgehead atoms. The Labute approximate surface area is 201 Å². The molecule has 0 aliphatic heterocycles. The van der Waals surface area contributed by atoms with Gasteiger partial charge in [-0.1, -0.05) is 17.7 Å². The van der Waals surface area contributed by atoms with Gasteiger partial charge in [-0.05, 0) is 57.0 Å². The number of thiophene rings is 1. The average molecular weight is 483 g/mol. The standard InChI is InChI=1S/C25H26N2O6S/c1-4-32-25(29)23-22(18-9-11-19(12-10-18)27(30)31)17(3)34-24(23)26-21(28)6-5-15-33-20-13-7-16(2)8-14-20/h7-14H,4-6,15H2,1-3H3,(H,26,28). The lowest BCUT2D eigenvalue weighted by Crippen LogP contribution is -2.15. The number of aryl methyl sites for hydroxylation is 2. The molecule has 1 heterocycles. The van der Waals surface area contributed by atoms with Crippen LogP contribution in [0.5, 0.6) is 5.75 Å². The second-order valence-corrected chi connectivity index (χ2v) is 8.80. The van der Waals surface area contributed by atoms with Crippen molar-refractivity contribution in [3.05, 3.63) is 74.6 Å². The third-order valence-electron chi connectivity index (χ3n) is 5.02. The van der Waals surface area contributed by atoms with E-state index in [0.717, 1.165) is 16.2 Å². The normalized spacial score (nSPS) is 10.6. The molecule has 1 amide bonds. The Morgan fingerprint density at radius 1 is 1.06 bits per heavy atom. The molecule has 0 aliphatic carbocycles. The summed E-state index contributed by atoms with van der Waals surface area (Å²) in [5, 5.41) is 14.2. The van der Waals surface area contributed by atoms with Crippen molar-refractivity contribution in [2.75, 3.05) is 18.5 Å². The molecule has 0 radical (unpaired) electrons.